The van der Waals surface area contributed by atoms with Crippen LogP contribution in [0.2, 0.25) is 0 Å². The highest BCUT2D eigenvalue weighted by Crippen LogP contribution is 2.28. The SMILES string of the molecule is C=C[C@@H](c1ccccc1)[C@H](CC)C(=O)O. The Morgan fingerprint density at radius 1 is 1.47 bits per heavy atom. The molecule has 0 saturated carbocycles. The number of carboxylic acid groups (broad SMARTS) is 1. The highest BCUT2D eigenvalue weighted by molar-refractivity contribution is 5.71. The highest BCUT2D eigenvalue weighted by Gasteiger charge is 2.24. The van der Waals surface area contributed by atoms with Crippen LogP contribution in [0, 0.1) is 5.92 Å². The number of aliphatic carboxylic acids is 1. The maximum atomic E-state index is 11.1. The van der Waals surface area contributed by atoms with Crippen molar-refractivity contribution in [1.29, 1.82) is 0 Å². The van der Waals surface area contributed by atoms with E-state index in [2.05, 4.69) is 6.58 Å². The van der Waals surface area contributed by atoms with Crippen LogP contribution in [0.25, 0.3) is 0 Å². The summed E-state index contributed by atoms with van der Waals surface area (Å²) in [7, 11) is 0. The molecule has 1 N–H and O–H groups in total. The summed E-state index contributed by atoms with van der Waals surface area (Å²) in [6, 6.07) is 9.64. The Balaban J connectivity index is 2.97. The van der Waals surface area contributed by atoms with Gasteiger partial charge in [0.1, 0.15) is 0 Å². The monoisotopic (exact) mass is 204 g/mol. The Labute approximate surface area is 90.3 Å². The summed E-state index contributed by atoms with van der Waals surface area (Å²) in [4.78, 5) is 11.1. The van der Waals surface area contributed by atoms with E-state index in [9.17, 15) is 4.79 Å². The van der Waals surface area contributed by atoms with Crippen molar-refractivity contribution in [3.05, 3.63) is 48.6 Å². The Kier molecular flexibility index (Phi) is 4.10. The standard InChI is InChI=1S/C13H16O2/c1-3-11(12(4-2)13(14)15)10-8-6-5-7-9-10/h3,5-9,11-12H,1,4H2,2H3,(H,14,15)/t11-,12-/m0/s1. The predicted octanol–water partition coefficient (Wildman–Crippen LogP) is 3.07. The third-order valence-corrected chi connectivity index (χ3v) is 2.63. The van der Waals surface area contributed by atoms with Gasteiger partial charge in [0.25, 0.3) is 0 Å². The van der Waals surface area contributed by atoms with Crippen molar-refractivity contribution in [2.75, 3.05) is 0 Å². The van der Waals surface area contributed by atoms with Crippen LogP contribution in [-0.2, 0) is 4.79 Å². The molecule has 0 unspecified atom stereocenters. The molecule has 1 aromatic rings. The van der Waals surface area contributed by atoms with Gasteiger partial charge in [-0.1, -0.05) is 43.3 Å². The Bertz CT molecular complexity index is 330. The zero-order valence-corrected chi connectivity index (χ0v) is 8.89. The molecule has 0 aliphatic heterocycles. The number of hydrogen-bond acceptors (Lipinski definition) is 1. The van der Waals surface area contributed by atoms with Crippen LogP contribution in [0.15, 0.2) is 43.0 Å². The number of benzene rings is 1. The van der Waals surface area contributed by atoms with Gasteiger partial charge in [-0.05, 0) is 12.0 Å². The van der Waals surface area contributed by atoms with Gasteiger partial charge in [0.15, 0.2) is 0 Å². The topological polar surface area (TPSA) is 37.3 Å². The lowest BCUT2D eigenvalue weighted by atomic mass is 9.84. The van der Waals surface area contributed by atoms with Crippen molar-refractivity contribution in [2.24, 2.45) is 5.92 Å². The molecule has 0 spiro atoms. The minimum Gasteiger partial charge on any atom is -0.481 e. The van der Waals surface area contributed by atoms with Crippen molar-refractivity contribution < 1.29 is 9.90 Å². The molecule has 0 bridgehead atoms. The normalized spacial score (nSPS) is 14.2. The summed E-state index contributed by atoms with van der Waals surface area (Å²) in [5.74, 6) is -1.25. The summed E-state index contributed by atoms with van der Waals surface area (Å²) >= 11 is 0. The summed E-state index contributed by atoms with van der Waals surface area (Å²) in [5.41, 5.74) is 1.02. The second-order valence-electron chi connectivity index (χ2n) is 3.53. The van der Waals surface area contributed by atoms with Gasteiger partial charge in [0.05, 0.1) is 5.92 Å². The first-order valence-corrected chi connectivity index (χ1v) is 5.11. The highest BCUT2D eigenvalue weighted by atomic mass is 16.4. The van der Waals surface area contributed by atoms with Crippen LogP contribution < -0.4 is 0 Å². The molecule has 0 saturated heterocycles. The predicted molar refractivity (Wildman–Crippen MR) is 60.8 cm³/mol. The molecule has 0 aliphatic rings. The van der Waals surface area contributed by atoms with Gasteiger partial charge >= 0.3 is 5.97 Å². The van der Waals surface area contributed by atoms with E-state index in [0.29, 0.717) is 6.42 Å². The van der Waals surface area contributed by atoms with Crippen molar-refractivity contribution in [3.8, 4) is 0 Å². The van der Waals surface area contributed by atoms with Crippen molar-refractivity contribution >= 4 is 5.97 Å². The third-order valence-electron chi connectivity index (χ3n) is 2.63. The smallest absolute Gasteiger partial charge is 0.307 e. The van der Waals surface area contributed by atoms with Crippen molar-refractivity contribution in [1.82, 2.24) is 0 Å². The lowest BCUT2D eigenvalue weighted by Gasteiger charge is -2.19. The number of rotatable bonds is 5. The van der Waals surface area contributed by atoms with Gasteiger partial charge in [-0.3, -0.25) is 4.79 Å². The number of allylic oxidation sites excluding steroid dienone is 1. The maximum Gasteiger partial charge on any atom is 0.307 e. The van der Waals surface area contributed by atoms with E-state index in [1.165, 1.54) is 0 Å². The van der Waals surface area contributed by atoms with Gasteiger partial charge in [0.2, 0.25) is 0 Å². The van der Waals surface area contributed by atoms with E-state index in [4.69, 9.17) is 5.11 Å². The average Bonchev–Trinajstić information content (AvgIpc) is 2.26. The summed E-state index contributed by atoms with van der Waals surface area (Å²) in [5, 5.41) is 9.09. The van der Waals surface area contributed by atoms with E-state index in [-0.39, 0.29) is 11.8 Å². The minimum atomic E-state index is -0.758. The fraction of sp³-hybridized carbons (Fsp3) is 0.308. The fourth-order valence-electron chi connectivity index (χ4n) is 1.79. The second-order valence-corrected chi connectivity index (χ2v) is 3.53. The van der Waals surface area contributed by atoms with Gasteiger partial charge in [-0.25, -0.2) is 0 Å². The van der Waals surface area contributed by atoms with Crippen molar-refractivity contribution in [3.63, 3.8) is 0 Å². The molecule has 15 heavy (non-hydrogen) atoms. The van der Waals surface area contributed by atoms with Crippen LogP contribution in [0.3, 0.4) is 0 Å². The summed E-state index contributed by atoms with van der Waals surface area (Å²) in [6.07, 6.45) is 2.33. The van der Waals surface area contributed by atoms with Crippen LogP contribution in [0.1, 0.15) is 24.8 Å². The van der Waals surface area contributed by atoms with E-state index in [1.54, 1.807) is 6.08 Å². The molecule has 0 amide bonds. The molecular weight excluding hydrogens is 188 g/mol. The molecule has 2 atom stereocenters. The minimum absolute atomic E-state index is 0.103. The molecular formula is C13H16O2. The Morgan fingerprint density at radius 3 is 2.47 bits per heavy atom. The van der Waals surface area contributed by atoms with Gasteiger partial charge < -0.3 is 5.11 Å². The molecule has 2 nitrogen and oxygen atoms in total. The molecule has 2 heteroatoms. The first-order chi connectivity index (χ1) is 7.20. The van der Waals surface area contributed by atoms with Crippen LogP contribution in [0.4, 0.5) is 0 Å². The third kappa shape index (κ3) is 2.69. The summed E-state index contributed by atoms with van der Waals surface area (Å²) < 4.78 is 0. The first-order valence-electron chi connectivity index (χ1n) is 5.11. The zero-order chi connectivity index (χ0) is 11.3. The molecule has 0 aliphatic carbocycles. The van der Waals surface area contributed by atoms with Gasteiger partial charge in [-0.2, -0.15) is 0 Å². The first kappa shape index (κ1) is 11.5. The van der Waals surface area contributed by atoms with Gasteiger partial charge in [-0.15, -0.1) is 6.58 Å². The lowest BCUT2D eigenvalue weighted by Crippen LogP contribution is -2.19. The largest absolute Gasteiger partial charge is 0.481 e. The van der Waals surface area contributed by atoms with E-state index in [1.807, 2.05) is 37.3 Å². The van der Waals surface area contributed by atoms with Gasteiger partial charge in [0, 0.05) is 5.92 Å². The van der Waals surface area contributed by atoms with Crippen molar-refractivity contribution in [2.45, 2.75) is 19.3 Å². The molecule has 0 radical (unpaired) electrons. The van der Waals surface area contributed by atoms with E-state index in [0.717, 1.165) is 5.56 Å². The molecule has 0 fully saturated rings. The van der Waals surface area contributed by atoms with Crippen LogP contribution in [0.5, 0.6) is 0 Å². The number of carbonyl (C=O) groups is 1. The van der Waals surface area contributed by atoms with Crippen LogP contribution >= 0.6 is 0 Å². The Hall–Kier alpha value is -1.57. The molecule has 0 heterocycles. The molecule has 1 aromatic carbocycles. The average molecular weight is 204 g/mol. The zero-order valence-electron chi connectivity index (χ0n) is 8.89. The lowest BCUT2D eigenvalue weighted by molar-refractivity contribution is -0.142. The maximum absolute atomic E-state index is 11.1. The van der Waals surface area contributed by atoms with E-state index >= 15 is 0 Å². The number of hydrogen-bond donors (Lipinski definition) is 1. The summed E-state index contributed by atoms with van der Waals surface area (Å²) in [6.45, 7) is 5.61. The second kappa shape index (κ2) is 5.35. The molecule has 0 aromatic heterocycles. The molecule has 80 valence electrons. The number of carboxylic acids is 1. The molecule has 1 rings (SSSR count). The van der Waals surface area contributed by atoms with E-state index < -0.39 is 5.97 Å². The quantitative estimate of drug-likeness (QED) is 0.748. The van der Waals surface area contributed by atoms with Crippen LogP contribution in [-0.4, -0.2) is 11.1 Å². The Morgan fingerprint density at radius 2 is 2.07 bits per heavy atom. The fourth-order valence-corrected chi connectivity index (χ4v) is 1.79.